The van der Waals surface area contributed by atoms with Gasteiger partial charge in [-0.3, -0.25) is 9.59 Å². The van der Waals surface area contributed by atoms with E-state index >= 15 is 0 Å². The Kier molecular flexibility index (Phi) is 8.72. The van der Waals surface area contributed by atoms with Crippen molar-refractivity contribution in [2.75, 3.05) is 6.61 Å². The van der Waals surface area contributed by atoms with Gasteiger partial charge in [0, 0.05) is 12.6 Å². The number of nitrogens with one attached hydrogen (secondary N) is 1. The van der Waals surface area contributed by atoms with Crippen LogP contribution in [0.15, 0.2) is 48.5 Å². The molecule has 0 heterocycles. The quantitative estimate of drug-likeness (QED) is 0.582. The van der Waals surface area contributed by atoms with Crippen molar-refractivity contribution in [3.05, 3.63) is 65.2 Å². The third kappa shape index (κ3) is 6.59. The molecule has 2 aromatic carbocycles. The first kappa shape index (κ1) is 23.8. The number of hydrogen-bond acceptors (Lipinski definition) is 3. The van der Waals surface area contributed by atoms with Crippen molar-refractivity contribution in [3.63, 3.8) is 0 Å². The zero-order chi connectivity index (χ0) is 22.9. The maximum atomic E-state index is 13.3. The Morgan fingerprint density at radius 3 is 2.22 bits per heavy atom. The number of ether oxygens (including phenoxy) is 1. The molecule has 2 aromatic rings. The fraction of sp³-hybridized carbons (Fsp3) is 0.481. The molecule has 0 bridgehead atoms. The number of rotatable bonds is 10. The van der Waals surface area contributed by atoms with Crippen molar-refractivity contribution in [2.24, 2.45) is 0 Å². The summed E-state index contributed by atoms with van der Waals surface area (Å²) in [6, 6.07) is 15.6. The largest absolute Gasteiger partial charge is 0.484 e. The molecule has 0 aromatic heterocycles. The van der Waals surface area contributed by atoms with Crippen LogP contribution in [0.4, 0.5) is 0 Å². The summed E-state index contributed by atoms with van der Waals surface area (Å²) in [5.74, 6) is 0.417. The van der Waals surface area contributed by atoms with Crippen LogP contribution in [0.5, 0.6) is 5.75 Å². The molecule has 5 heteroatoms. The zero-order valence-electron chi connectivity index (χ0n) is 19.6. The Hall–Kier alpha value is -2.82. The topological polar surface area (TPSA) is 58.6 Å². The zero-order valence-corrected chi connectivity index (χ0v) is 19.6. The van der Waals surface area contributed by atoms with Crippen LogP contribution in [-0.2, 0) is 22.6 Å². The molecule has 0 spiro atoms. The van der Waals surface area contributed by atoms with E-state index in [2.05, 4.69) is 12.2 Å². The highest BCUT2D eigenvalue weighted by Gasteiger charge is 2.30. The molecular formula is C27H36N2O3. The Morgan fingerprint density at radius 2 is 1.62 bits per heavy atom. The maximum Gasteiger partial charge on any atom is 0.261 e. The predicted molar refractivity (Wildman–Crippen MR) is 128 cm³/mol. The third-order valence-corrected chi connectivity index (χ3v) is 6.25. The Bertz CT molecular complexity index is 871. The summed E-state index contributed by atoms with van der Waals surface area (Å²) in [5, 5.41) is 3.17. The first-order valence-corrected chi connectivity index (χ1v) is 11.9. The summed E-state index contributed by atoms with van der Waals surface area (Å²) in [6.45, 7) is 6.38. The predicted octanol–water partition coefficient (Wildman–Crippen LogP) is 4.80. The lowest BCUT2D eigenvalue weighted by Gasteiger charge is -2.31. The molecule has 1 N–H and O–H groups in total. The van der Waals surface area contributed by atoms with Gasteiger partial charge >= 0.3 is 0 Å². The highest BCUT2D eigenvalue weighted by atomic mass is 16.5. The summed E-state index contributed by atoms with van der Waals surface area (Å²) < 4.78 is 5.79. The van der Waals surface area contributed by atoms with Crippen molar-refractivity contribution in [2.45, 2.75) is 77.9 Å². The Morgan fingerprint density at radius 1 is 1.00 bits per heavy atom. The molecule has 1 atom stereocenters. The average Bonchev–Trinajstić information content (AvgIpc) is 3.32. The van der Waals surface area contributed by atoms with Crippen LogP contribution in [0.1, 0.15) is 62.6 Å². The SMILES string of the molecule is CCc1ccc(OCC(=O)N(Cc2ccc(C)cc2)[C@H](CC)C(=O)NC2CCCC2)cc1. The smallest absolute Gasteiger partial charge is 0.261 e. The molecule has 5 nitrogen and oxygen atoms in total. The summed E-state index contributed by atoms with van der Waals surface area (Å²) in [6.07, 6.45) is 5.85. The molecule has 1 fully saturated rings. The molecule has 172 valence electrons. The molecular weight excluding hydrogens is 400 g/mol. The summed E-state index contributed by atoms with van der Waals surface area (Å²) in [7, 11) is 0. The van der Waals surface area contributed by atoms with Gasteiger partial charge in [-0.05, 0) is 55.9 Å². The summed E-state index contributed by atoms with van der Waals surface area (Å²) in [5.41, 5.74) is 3.39. The van der Waals surface area contributed by atoms with Crippen LogP contribution in [0, 0.1) is 6.92 Å². The Balaban J connectivity index is 1.73. The minimum atomic E-state index is -0.518. The molecule has 3 rings (SSSR count). The minimum Gasteiger partial charge on any atom is -0.484 e. The van der Waals surface area contributed by atoms with Gasteiger partial charge in [-0.15, -0.1) is 0 Å². The monoisotopic (exact) mass is 436 g/mol. The van der Waals surface area contributed by atoms with E-state index in [0.717, 1.165) is 43.2 Å². The second-order valence-corrected chi connectivity index (χ2v) is 8.71. The molecule has 0 aliphatic heterocycles. The highest BCUT2D eigenvalue weighted by molar-refractivity contribution is 5.88. The normalized spacial score (nSPS) is 14.7. The number of benzene rings is 2. The minimum absolute atomic E-state index is 0.0628. The summed E-state index contributed by atoms with van der Waals surface area (Å²) in [4.78, 5) is 28.1. The van der Waals surface area contributed by atoms with Gasteiger partial charge < -0.3 is 15.0 Å². The van der Waals surface area contributed by atoms with Crippen LogP contribution in [0.25, 0.3) is 0 Å². The number of nitrogens with zero attached hydrogens (tertiary/aromatic N) is 1. The second kappa shape index (κ2) is 11.7. The number of amides is 2. The van der Waals surface area contributed by atoms with Gasteiger partial charge in [0.25, 0.3) is 5.91 Å². The third-order valence-electron chi connectivity index (χ3n) is 6.25. The van der Waals surface area contributed by atoms with Crippen molar-refractivity contribution in [1.29, 1.82) is 0 Å². The van der Waals surface area contributed by atoms with Crippen LogP contribution >= 0.6 is 0 Å². The lowest BCUT2D eigenvalue weighted by Crippen LogP contribution is -2.52. The van der Waals surface area contributed by atoms with Crippen molar-refractivity contribution in [3.8, 4) is 5.75 Å². The van der Waals surface area contributed by atoms with E-state index in [1.807, 2.05) is 62.4 Å². The molecule has 1 saturated carbocycles. The second-order valence-electron chi connectivity index (χ2n) is 8.71. The molecule has 2 amide bonds. The number of aryl methyl sites for hydroxylation is 2. The summed E-state index contributed by atoms with van der Waals surface area (Å²) >= 11 is 0. The average molecular weight is 437 g/mol. The molecule has 0 saturated heterocycles. The highest BCUT2D eigenvalue weighted by Crippen LogP contribution is 2.20. The lowest BCUT2D eigenvalue weighted by atomic mass is 10.1. The number of carbonyl (C=O) groups is 2. The van der Waals surface area contributed by atoms with Crippen LogP contribution < -0.4 is 10.1 Å². The number of carbonyl (C=O) groups excluding carboxylic acids is 2. The van der Waals surface area contributed by atoms with E-state index in [4.69, 9.17) is 4.74 Å². The van der Waals surface area contributed by atoms with Gasteiger partial charge in [0.15, 0.2) is 6.61 Å². The van der Waals surface area contributed by atoms with Gasteiger partial charge in [0.1, 0.15) is 11.8 Å². The van der Waals surface area contributed by atoms with Gasteiger partial charge in [-0.1, -0.05) is 68.7 Å². The van der Waals surface area contributed by atoms with E-state index < -0.39 is 6.04 Å². The first-order valence-electron chi connectivity index (χ1n) is 11.9. The molecule has 1 aliphatic carbocycles. The molecule has 0 unspecified atom stereocenters. The number of hydrogen-bond donors (Lipinski definition) is 1. The van der Waals surface area contributed by atoms with E-state index in [0.29, 0.717) is 18.7 Å². The van der Waals surface area contributed by atoms with E-state index in [1.54, 1.807) is 4.90 Å². The van der Waals surface area contributed by atoms with Crippen LogP contribution in [-0.4, -0.2) is 35.4 Å². The van der Waals surface area contributed by atoms with Gasteiger partial charge in [-0.25, -0.2) is 0 Å². The van der Waals surface area contributed by atoms with Crippen molar-refractivity contribution >= 4 is 11.8 Å². The fourth-order valence-electron chi connectivity index (χ4n) is 4.23. The van der Waals surface area contributed by atoms with E-state index in [1.165, 1.54) is 5.56 Å². The van der Waals surface area contributed by atoms with E-state index in [-0.39, 0.29) is 24.5 Å². The van der Waals surface area contributed by atoms with Crippen molar-refractivity contribution < 1.29 is 14.3 Å². The standard InChI is InChI=1S/C27H36N2O3/c1-4-21-14-16-24(17-15-21)32-19-26(30)29(18-22-12-10-20(3)11-13-22)25(5-2)27(31)28-23-8-6-7-9-23/h10-17,23,25H,4-9,18-19H2,1-3H3,(H,28,31)/t25-/m1/s1. The first-order chi connectivity index (χ1) is 15.5. The van der Waals surface area contributed by atoms with Gasteiger partial charge in [-0.2, -0.15) is 0 Å². The van der Waals surface area contributed by atoms with Crippen LogP contribution in [0.2, 0.25) is 0 Å². The molecule has 32 heavy (non-hydrogen) atoms. The fourth-order valence-corrected chi connectivity index (χ4v) is 4.23. The maximum absolute atomic E-state index is 13.3. The Labute approximate surface area is 192 Å². The molecule has 0 radical (unpaired) electrons. The molecule has 1 aliphatic rings. The van der Waals surface area contributed by atoms with Gasteiger partial charge in [0.05, 0.1) is 0 Å². The van der Waals surface area contributed by atoms with E-state index in [9.17, 15) is 9.59 Å². The lowest BCUT2D eigenvalue weighted by molar-refractivity contribution is -0.143. The van der Waals surface area contributed by atoms with Crippen LogP contribution in [0.3, 0.4) is 0 Å². The van der Waals surface area contributed by atoms with Crippen molar-refractivity contribution in [1.82, 2.24) is 10.2 Å². The van der Waals surface area contributed by atoms with Gasteiger partial charge in [0.2, 0.25) is 5.91 Å².